The molecule has 0 amide bonds. The molecular formula is C13H21N. The van der Waals surface area contributed by atoms with Crippen LogP contribution in [-0.2, 0) is 0 Å². The average molecular weight is 191 g/mol. The lowest BCUT2D eigenvalue weighted by molar-refractivity contribution is 0.424. The smallest absolute Gasteiger partial charge is 0.0279 e. The SMILES string of the molecule is C=C(N)C1=C(/C=C\C)CC(C)CC1C. The summed E-state index contributed by atoms with van der Waals surface area (Å²) < 4.78 is 0. The van der Waals surface area contributed by atoms with Crippen molar-refractivity contribution >= 4 is 0 Å². The molecule has 0 radical (unpaired) electrons. The first-order chi connectivity index (χ1) is 6.56. The van der Waals surface area contributed by atoms with Crippen molar-refractivity contribution < 1.29 is 0 Å². The van der Waals surface area contributed by atoms with Crippen LogP contribution in [-0.4, -0.2) is 0 Å². The molecule has 2 atom stereocenters. The molecule has 0 aliphatic heterocycles. The van der Waals surface area contributed by atoms with E-state index in [0.29, 0.717) is 5.92 Å². The highest BCUT2D eigenvalue weighted by atomic mass is 14.6. The molecule has 0 saturated carbocycles. The van der Waals surface area contributed by atoms with Crippen molar-refractivity contribution in [3.05, 3.63) is 35.6 Å². The second-order valence-corrected chi connectivity index (χ2v) is 4.41. The van der Waals surface area contributed by atoms with E-state index in [0.717, 1.165) is 18.0 Å². The van der Waals surface area contributed by atoms with Gasteiger partial charge in [0.15, 0.2) is 0 Å². The lowest BCUT2D eigenvalue weighted by Crippen LogP contribution is -2.18. The summed E-state index contributed by atoms with van der Waals surface area (Å²) in [5.41, 5.74) is 9.24. The zero-order chi connectivity index (χ0) is 10.7. The molecular weight excluding hydrogens is 170 g/mol. The first-order valence-corrected chi connectivity index (χ1v) is 5.36. The van der Waals surface area contributed by atoms with E-state index in [1.165, 1.54) is 17.6 Å². The summed E-state index contributed by atoms with van der Waals surface area (Å²) in [6.45, 7) is 10.5. The Bertz CT molecular complexity index is 284. The first-order valence-electron chi connectivity index (χ1n) is 5.36. The zero-order valence-electron chi connectivity index (χ0n) is 9.51. The molecule has 1 aliphatic rings. The highest BCUT2D eigenvalue weighted by molar-refractivity contribution is 5.40. The second kappa shape index (κ2) is 4.50. The maximum Gasteiger partial charge on any atom is 0.0279 e. The Morgan fingerprint density at radius 3 is 2.64 bits per heavy atom. The monoisotopic (exact) mass is 191 g/mol. The third-order valence-electron chi connectivity index (χ3n) is 2.88. The standard InChI is InChI=1S/C13H21N/c1-5-6-12-8-9(2)7-10(3)13(12)11(4)14/h5-6,9-10H,4,7-8,14H2,1-3H3/b6-5-. The van der Waals surface area contributed by atoms with Crippen LogP contribution in [0.15, 0.2) is 35.6 Å². The van der Waals surface area contributed by atoms with E-state index in [1.807, 2.05) is 6.92 Å². The van der Waals surface area contributed by atoms with Crippen LogP contribution in [0, 0.1) is 11.8 Å². The minimum absolute atomic E-state index is 0.558. The Kier molecular flexibility index (Phi) is 3.56. The Morgan fingerprint density at radius 1 is 1.50 bits per heavy atom. The van der Waals surface area contributed by atoms with Crippen LogP contribution < -0.4 is 5.73 Å². The van der Waals surface area contributed by atoms with E-state index >= 15 is 0 Å². The third kappa shape index (κ3) is 2.28. The number of rotatable bonds is 2. The number of nitrogens with two attached hydrogens (primary N) is 1. The van der Waals surface area contributed by atoms with Crippen molar-refractivity contribution in [2.75, 3.05) is 0 Å². The van der Waals surface area contributed by atoms with Gasteiger partial charge in [0.05, 0.1) is 0 Å². The fraction of sp³-hybridized carbons (Fsp3) is 0.538. The van der Waals surface area contributed by atoms with Gasteiger partial charge in [-0.25, -0.2) is 0 Å². The molecule has 1 heteroatoms. The fourth-order valence-electron chi connectivity index (χ4n) is 2.49. The van der Waals surface area contributed by atoms with Gasteiger partial charge in [-0.15, -0.1) is 0 Å². The Labute approximate surface area is 87.4 Å². The van der Waals surface area contributed by atoms with E-state index in [4.69, 9.17) is 5.73 Å². The molecule has 0 aromatic rings. The number of hydrogen-bond acceptors (Lipinski definition) is 1. The predicted octanol–water partition coefficient (Wildman–Crippen LogP) is 3.40. The Morgan fingerprint density at radius 2 is 2.14 bits per heavy atom. The fourth-order valence-corrected chi connectivity index (χ4v) is 2.49. The lowest BCUT2D eigenvalue weighted by Gasteiger charge is -2.29. The van der Waals surface area contributed by atoms with Gasteiger partial charge in [-0.2, -0.15) is 0 Å². The maximum atomic E-state index is 5.84. The number of hydrogen-bond donors (Lipinski definition) is 1. The molecule has 1 nitrogen and oxygen atoms in total. The highest BCUT2D eigenvalue weighted by Crippen LogP contribution is 2.36. The minimum atomic E-state index is 0.558. The van der Waals surface area contributed by atoms with Crippen LogP contribution in [0.4, 0.5) is 0 Å². The van der Waals surface area contributed by atoms with E-state index in [-0.39, 0.29) is 0 Å². The summed E-state index contributed by atoms with van der Waals surface area (Å²) in [6, 6.07) is 0. The van der Waals surface area contributed by atoms with E-state index in [9.17, 15) is 0 Å². The average Bonchev–Trinajstić information content (AvgIpc) is 2.01. The van der Waals surface area contributed by atoms with Crippen molar-refractivity contribution in [1.29, 1.82) is 0 Å². The molecule has 0 fully saturated rings. The number of allylic oxidation sites excluding steroid dienone is 4. The van der Waals surface area contributed by atoms with Gasteiger partial charge < -0.3 is 5.73 Å². The van der Waals surface area contributed by atoms with Crippen molar-refractivity contribution in [3.8, 4) is 0 Å². The van der Waals surface area contributed by atoms with E-state index in [1.54, 1.807) is 0 Å². The molecule has 0 aromatic heterocycles. The van der Waals surface area contributed by atoms with Gasteiger partial charge in [0.25, 0.3) is 0 Å². The summed E-state index contributed by atoms with van der Waals surface area (Å²) in [6.07, 6.45) is 6.63. The molecule has 0 saturated heterocycles. The summed E-state index contributed by atoms with van der Waals surface area (Å²) >= 11 is 0. The molecule has 2 unspecified atom stereocenters. The molecule has 0 bridgehead atoms. The van der Waals surface area contributed by atoms with Gasteiger partial charge in [0.2, 0.25) is 0 Å². The Balaban J connectivity index is 3.08. The van der Waals surface area contributed by atoms with Crippen molar-refractivity contribution in [1.82, 2.24) is 0 Å². The lowest BCUT2D eigenvalue weighted by atomic mass is 9.77. The molecule has 14 heavy (non-hydrogen) atoms. The first kappa shape index (κ1) is 11.1. The van der Waals surface area contributed by atoms with Gasteiger partial charge in [-0.3, -0.25) is 0 Å². The van der Waals surface area contributed by atoms with Crippen molar-refractivity contribution in [3.63, 3.8) is 0 Å². The van der Waals surface area contributed by atoms with E-state index < -0.39 is 0 Å². The molecule has 0 aromatic carbocycles. The van der Waals surface area contributed by atoms with Crippen LogP contribution in [0.5, 0.6) is 0 Å². The summed E-state index contributed by atoms with van der Waals surface area (Å²) in [5.74, 6) is 1.32. The zero-order valence-corrected chi connectivity index (χ0v) is 9.51. The van der Waals surface area contributed by atoms with Crippen molar-refractivity contribution in [2.24, 2.45) is 17.6 Å². The summed E-state index contributed by atoms with van der Waals surface area (Å²) in [7, 11) is 0. The molecule has 78 valence electrons. The van der Waals surface area contributed by atoms with Gasteiger partial charge in [-0.1, -0.05) is 32.6 Å². The molecule has 1 rings (SSSR count). The van der Waals surface area contributed by atoms with Crippen molar-refractivity contribution in [2.45, 2.75) is 33.6 Å². The second-order valence-electron chi connectivity index (χ2n) is 4.41. The molecule has 0 heterocycles. The predicted molar refractivity (Wildman–Crippen MR) is 62.7 cm³/mol. The maximum absolute atomic E-state index is 5.84. The van der Waals surface area contributed by atoms with Gasteiger partial charge in [-0.05, 0) is 42.7 Å². The summed E-state index contributed by atoms with van der Waals surface area (Å²) in [4.78, 5) is 0. The Hall–Kier alpha value is -0.980. The molecule has 0 spiro atoms. The van der Waals surface area contributed by atoms with Gasteiger partial charge >= 0.3 is 0 Å². The molecule has 1 aliphatic carbocycles. The van der Waals surface area contributed by atoms with Crippen LogP contribution >= 0.6 is 0 Å². The van der Waals surface area contributed by atoms with Crippen LogP contribution in [0.3, 0.4) is 0 Å². The quantitative estimate of drug-likeness (QED) is 0.711. The third-order valence-corrected chi connectivity index (χ3v) is 2.88. The van der Waals surface area contributed by atoms with Crippen LogP contribution in [0.1, 0.15) is 33.6 Å². The van der Waals surface area contributed by atoms with Gasteiger partial charge in [0.1, 0.15) is 0 Å². The largest absolute Gasteiger partial charge is 0.399 e. The van der Waals surface area contributed by atoms with Crippen LogP contribution in [0.25, 0.3) is 0 Å². The topological polar surface area (TPSA) is 26.0 Å². The minimum Gasteiger partial charge on any atom is -0.399 e. The normalized spacial score (nSPS) is 28.5. The highest BCUT2D eigenvalue weighted by Gasteiger charge is 2.23. The van der Waals surface area contributed by atoms with Crippen LogP contribution in [0.2, 0.25) is 0 Å². The van der Waals surface area contributed by atoms with E-state index in [2.05, 4.69) is 32.6 Å². The van der Waals surface area contributed by atoms with Gasteiger partial charge in [0, 0.05) is 5.70 Å². The summed E-state index contributed by atoms with van der Waals surface area (Å²) in [5, 5.41) is 0. The molecule has 2 N–H and O–H groups in total.